The van der Waals surface area contributed by atoms with Gasteiger partial charge in [0.15, 0.2) is 11.5 Å². The van der Waals surface area contributed by atoms with E-state index < -0.39 is 0 Å². The molecule has 1 amide bonds. The lowest BCUT2D eigenvalue weighted by Crippen LogP contribution is -2.31. The summed E-state index contributed by atoms with van der Waals surface area (Å²) in [7, 11) is 4.26. The van der Waals surface area contributed by atoms with Crippen LogP contribution in [0.4, 0.5) is 11.4 Å². The maximum absolute atomic E-state index is 12.2. The summed E-state index contributed by atoms with van der Waals surface area (Å²) in [6, 6.07) is 14.2. The van der Waals surface area contributed by atoms with Crippen molar-refractivity contribution in [1.82, 2.24) is 4.90 Å². The Labute approximate surface area is 165 Å². The number of nitrogens with one attached hydrogen (secondary N) is 1. The molecule has 0 radical (unpaired) electrons. The predicted octanol–water partition coefficient (Wildman–Crippen LogP) is 3.21. The van der Waals surface area contributed by atoms with Crippen LogP contribution in [0.2, 0.25) is 0 Å². The summed E-state index contributed by atoms with van der Waals surface area (Å²) in [4.78, 5) is 16.9. The minimum atomic E-state index is -0.167. The number of fused-ring (bicyclic) bond motifs is 1. The Bertz CT molecular complexity index is 877. The zero-order chi connectivity index (χ0) is 19.5. The molecule has 6 nitrogen and oxygen atoms in total. The number of ether oxygens (including phenoxy) is 2. The van der Waals surface area contributed by atoms with Gasteiger partial charge in [-0.3, -0.25) is 4.79 Å². The zero-order valence-corrected chi connectivity index (χ0v) is 16.2. The largest absolute Gasteiger partial charge is 0.454 e. The summed E-state index contributed by atoms with van der Waals surface area (Å²) < 4.78 is 10.6. The van der Waals surface area contributed by atoms with E-state index >= 15 is 0 Å². The number of anilines is 2. The van der Waals surface area contributed by atoms with Gasteiger partial charge in [-0.25, -0.2) is 0 Å². The molecule has 1 saturated heterocycles. The average Bonchev–Trinajstić information content (AvgIpc) is 3.36. The van der Waals surface area contributed by atoms with Crippen LogP contribution >= 0.6 is 0 Å². The second-order valence-electron chi connectivity index (χ2n) is 7.33. The minimum Gasteiger partial charge on any atom is -0.454 e. The van der Waals surface area contributed by atoms with E-state index in [4.69, 9.17) is 9.47 Å². The molecule has 1 N–H and O–H groups in total. The van der Waals surface area contributed by atoms with Crippen LogP contribution in [0.1, 0.15) is 12.0 Å². The van der Waals surface area contributed by atoms with Gasteiger partial charge in [-0.2, -0.15) is 0 Å². The first-order valence-corrected chi connectivity index (χ1v) is 9.48. The molecule has 28 heavy (non-hydrogen) atoms. The third-order valence-corrected chi connectivity index (χ3v) is 5.22. The van der Waals surface area contributed by atoms with Crippen molar-refractivity contribution < 1.29 is 14.3 Å². The van der Waals surface area contributed by atoms with Crippen molar-refractivity contribution in [1.29, 1.82) is 0 Å². The zero-order valence-electron chi connectivity index (χ0n) is 16.2. The van der Waals surface area contributed by atoms with E-state index in [1.54, 1.807) is 6.08 Å². The third kappa shape index (κ3) is 4.12. The highest BCUT2D eigenvalue weighted by molar-refractivity contribution is 6.02. The van der Waals surface area contributed by atoms with Gasteiger partial charge in [0.1, 0.15) is 0 Å². The number of amides is 1. The molecule has 2 aromatic rings. The number of hydrogen-bond acceptors (Lipinski definition) is 5. The Morgan fingerprint density at radius 1 is 1.14 bits per heavy atom. The van der Waals surface area contributed by atoms with Crippen molar-refractivity contribution in [2.24, 2.45) is 0 Å². The van der Waals surface area contributed by atoms with Crippen LogP contribution in [0.5, 0.6) is 11.5 Å². The molecule has 2 aromatic carbocycles. The average molecular weight is 379 g/mol. The van der Waals surface area contributed by atoms with Gasteiger partial charge in [0.25, 0.3) is 0 Å². The van der Waals surface area contributed by atoms with E-state index in [9.17, 15) is 4.79 Å². The van der Waals surface area contributed by atoms with Gasteiger partial charge in [-0.1, -0.05) is 6.07 Å². The van der Waals surface area contributed by atoms with Crippen LogP contribution in [-0.4, -0.2) is 50.8 Å². The Balaban J connectivity index is 1.33. The second-order valence-corrected chi connectivity index (χ2v) is 7.33. The fourth-order valence-electron chi connectivity index (χ4n) is 3.53. The topological polar surface area (TPSA) is 54.0 Å². The van der Waals surface area contributed by atoms with E-state index in [1.165, 1.54) is 18.2 Å². The summed E-state index contributed by atoms with van der Waals surface area (Å²) >= 11 is 0. The van der Waals surface area contributed by atoms with Gasteiger partial charge >= 0.3 is 0 Å². The lowest BCUT2D eigenvalue weighted by atomic mass is 10.2. The highest BCUT2D eigenvalue weighted by atomic mass is 16.7. The molecule has 0 saturated carbocycles. The van der Waals surface area contributed by atoms with E-state index in [2.05, 4.69) is 41.3 Å². The second kappa shape index (κ2) is 7.94. The molecule has 0 aliphatic carbocycles. The van der Waals surface area contributed by atoms with E-state index in [-0.39, 0.29) is 12.7 Å². The summed E-state index contributed by atoms with van der Waals surface area (Å²) in [6.45, 7) is 2.34. The molecule has 0 spiro atoms. The summed E-state index contributed by atoms with van der Waals surface area (Å²) in [6.07, 6.45) is 4.46. The third-order valence-electron chi connectivity index (χ3n) is 5.22. The Morgan fingerprint density at radius 2 is 1.93 bits per heavy atom. The van der Waals surface area contributed by atoms with Gasteiger partial charge in [-0.05, 0) is 68.6 Å². The van der Waals surface area contributed by atoms with Crippen LogP contribution in [0.3, 0.4) is 0 Å². The number of carbonyl (C=O) groups is 1. The molecule has 146 valence electrons. The van der Waals surface area contributed by atoms with Gasteiger partial charge in [0.05, 0.1) is 0 Å². The molecule has 0 aromatic heterocycles. The quantitative estimate of drug-likeness (QED) is 0.809. The monoisotopic (exact) mass is 379 g/mol. The highest BCUT2D eigenvalue weighted by Crippen LogP contribution is 2.32. The summed E-state index contributed by atoms with van der Waals surface area (Å²) in [5, 5.41) is 2.90. The van der Waals surface area contributed by atoms with Crippen LogP contribution < -0.4 is 19.7 Å². The van der Waals surface area contributed by atoms with Crippen LogP contribution in [-0.2, 0) is 4.79 Å². The van der Waals surface area contributed by atoms with Crippen molar-refractivity contribution in [2.75, 3.05) is 44.2 Å². The SMILES string of the molecule is CN(C)C1CCN(c2ccc(NC(=O)/C=C/c3ccc4c(c3)OCO4)cc2)C1. The molecule has 1 atom stereocenters. The first-order valence-electron chi connectivity index (χ1n) is 9.48. The van der Waals surface area contributed by atoms with Crippen molar-refractivity contribution in [3.63, 3.8) is 0 Å². The molecule has 1 unspecified atom stereocenters. The van der Waals surface area contributed by atoms with Crippen molar-refractivity contribution in [2.45, 2.75) is 12.5 Å². The normalized spacial score (nSPS) is 18.2. The Morgan fingerprint density at radius 3 is 2.68 bits per heavy atom. The molecule has 1 fully saturated rings. The number of rotatable bonds is 5. The van der Waals surface area contributed by atoms with E-state index in [0.717, 1.165) is 30.1 Å². The van der Waals surface area contributed by atoms with Gasteiger partial charge in [-0.15, -0.1) is 0 Å². The number of carbonyl (C=O) groups excluding carboxylic acids is 1. The fourth-order valence-corrected chi connectivity index (χ4v) is 3.53. The standard InChI is InChI=1S/C22H25N3O3/c1-24(2)19-11-12-25(14-19)18-7-5-17(6-8-18)23-22(26)10-4-16-3-9-20-21(13-16)28-15-27-20/h3-10,13,19H,11-12,14-15H2,1-2H3,(H,23,26)/b10-4+. The predicted molar refractivity (Wildman–Crippen MR) is 111 cm³/mol. The fraction of sp³-hybridized carbons (Fsp3) is 0.318. The van der Waals surface area contributed by atoms with Crippen LogP contribution in [0.15, 0.2) is 48.5 Å². The first kappa shape index (κ1) is 18.4. The van der Waals surface area contributed by atoms with Crippen molar-refractivity contribution in [3.05, 3.63) is 54.1 Å². The molecule has 0 bridgehead atoms. The Kier molecular flexibility index (Phi) is 5.21. The molecular formula is C22H25N3O3. The smallest absolute Gasteiger partial charge is 0.248 e. The lowest BCUT2D eigenvalue weighted by Gasteiger charge is -2.22. The van der Waals surface area contributed by atoms with Crippen LogP contribution in [0, 0.1) is 0 Å². The maximum Gasteiger partial charge on any atom is 0.248 e. The van der Waals surface area contributed by atoms with Crippen molar-refractivity contribution in [3.8, 4) is 11.5 Å². The van der Waals surface area contributed by atoms with Crippen LogP contribution in [0.25, 0.3) is 6.08 Å². The number of hydrogen-bond donors (Lipinski definition) is 1. The molecule has 2 aliphatic rings. The number of likely N-dealkylation sites (N-methyl/N-ethyl adjacent to an activating group) is 1. The molecule has 2 heterocycles. The minimum absolute atomic E-state index is 0.167. The molecular weight excluding hydrogens is 354 g/mol. The van der Waals surface area contributed by atoms with Gasteiger partial charge in [0, 0.05) is 36.6 Å². The summed E-state index contributed by atoms with van der Waals surface area (Å²) in [5.74, 6) is 1.27. The number of benzene rings is 2. The number of nitrogens with zero attached hydrogens (tertiary/aromatic N) is 2. The maximum atomic E-state index is 12.2. The molecule has 6 heteroatoms. The first-order chi connectivity index (χ1) is 13.6. The highest BCUT2D eigenvalue weighted by Gasteiger charge is 2.23. The lowest BCUT2D eigenvalue weighted by molar-refractivity contribution is -0.111. The van der Waals surface area contributed by atoms with E-state index in [0.29, 0.717) is 11.8 Å². The summed E-state index contributed by atoms with van der Waals surface area (Å²) in [5.41, 5.74) is 2.87. The van der Waals surface area contributed by atoms with Crippen molar-refractivity contribution >= 4 is 23.4 Å². The molecule has 2 aliphatic heterocycles. The van der Waals surface area contributed by atoms with Gasteiger partial charge < -0.3 is 24.6 Å². The molecule has 4 rings (SSSR count). The van der Waals surface area contributed by atoms with Gasteiger partial charge in [0.2, 0.25) is 12.7 Å². The van der Waals surface area contributed by atoms with E-state index in [1.807, 2.05) is 30.3 Å². The Hall–Kier alpha value is -2.99.